The van der Waals surface area contributed by atoms with Crippen molar-refractivity contribution in [2.75, 3.05) is 24.0 Å². The van der Waals surface area contributed by atoms with E-state index < -0.39 is 31.4 Å². The lowest BCUT2D eigenvalue weighted by Crippen LogP contribution is -2.26. The largest absolute Gasteiger partial charge is 0.318 e. The Morgan fingerprint density at radius 3 is 2.62 bits per heavy atom. The molecule has 1 atom stereocenters. The van der Waals surface area contributed by atoms with Crippen LogP contribution in [0, 0.1) is 10.1 Å². The zero-order valence-electron chi connectivity index (χ0n) is 11.2. The highest BCUT2D eigenvalue weighted by Gasteiger charge is 2.20. The fourth-order valence-electron chi connectivity index (χ4n) is 1.52. The molecule has 1 rings (SSSR count). The van der Waals surface area contributed by atoms with Gasteiger partial charge in [-0.3, -0.25) is 20.2 Å². The third-order valence-corrected chi connectivity index (χ3v) is 4.85. The molecule has 118 valence electrons. The number of nitro benzene ring substituents is 1. The molecule has 1 unspecified atom stereocenters. The van der Waals surface area contributed by atoms with Crippen LogP contribution in [0.25, 0.3) is 0 Å². The number of hydrogen-bond acceptors (Lipinski definition) is 7. The third-order valence-electron chi connectivity index (χ3n) is 2.53. The minimum atomic E-state index is -3.86. The van der Waals surface area contributed by atoms with Crippen molar-refractivity contribution in [1.29, 1.82) is 0 Å². The number of nitrogens with one attached hydrogen (secondary N) is 2. The number of nitrogens with two attached hydrogens (primary N) is 1. The molecular weight excluding hydrogens is 320 g/mol. The monoisotopic (exact) mass is 336 g/mol. The lowest BCUT2D eigenvalue weighted by Gasteiger charge is -2.08. The minimum absolute atomic E-state index is 0.0142. The number of hydrogen-bond donors (Lipinski definition) is 3. The van der Waals surface area contributed by atoms with E-state index in [4.69, 9.17) is 5.84 Å². The van der Waals surface area contributed by atoms with Crippen molar-refractivity contribution < 1.29 is 17.6 Å². The highest BCUT2D eigenvalue weighted by atomic mass is 32.2. The van der Waals surface area contributed by atoms with Crippen LogP contribution in [0.3, 0.4) is 0 Å². The molecule has 0 amide bonds. The van der Waals surface area contributed by atoms with Gasteiger partial charge in [-0.1, -0.05) is 0 Å². The Morgan fingerprint density at radius 1 is 1.43 bits per heavy atom. The summed E-state index contributed by atoms with van der Waals surface area (Å²) in [5.74, 6) is 5.50. The van der Waals surface area contributed by atoms with Gasteiger partial charge in [-0.05, 0) is 18.6 Å². The van der Waals surface area contributed by atoms with Crippen LogP contribution in [0.1, 0.15) is 6.42 Å². The topological polar surface area (TPSA) is 144 Å². The molecule has 0 heterocycles. The summed E-state index contributed by atoms with van der Waals surface area (Å²) in [6, 6.07) is 3.35. The summed E-state index contributed by atoms with van der Waals surface area (Å²) < 4.78 is 37.1. The first kappa shape index (κ1) is 17.5. The summed E-state index contributed by atoms with van der Waals surface area (Å²) in [6.07, 6.45) is 1.93. The predicted molar refractivity (Wildman–Crippen MR) is 79.6 cm³/mol. The number of hydrazine groups is 1. The SMILES string of the molecule is CS(=O)CCCNS(=O)(=O)c1ccc(NN)c([N+](=O)[O-])c1. The minimum Gasteiger partial charge on any atom is -0.318 e. The number of sulfonamides is 1. The first-order chi connectivity index (χ1) is 9.77. The Bertz CT molecular complexity index is 647. The molecule has 0 aliphatic rings. The van der Waals surface area contributed by atoms with E-state index in [1.54, 1.807) is 0 Å². The van der Waals surface area contributed by atoms with Gasteiger partial charge in [0.25, 0.3) is 5.69 Å². The fraction of sp³-hybridized carbons (Fsp3) is 0.400. The summed E-state index contributed by atoms with van der Waals surface area (Å²) in [5, 5.41) is 10.9. The van der Waals surface area contributed by atoms with Crippen molar-refractivity contribution >= 4 is 32.2 Å². The fourth-order valence-corrected chi connectivity index (χ4v) is 3.16. The van der Waals surface area contributed by atoms with Crippen LogP contribution in [0.5, 0.6) is 0 Å². The summed E-state index contributed by atoms with van der Waals surface area (Å²) in [7, 11) is -4.86. The standard InChI is InChI=1S/C10H16N4O5S2/c1-20(17)6-2-5-12-21(18,19)8-3-4-9(13-11)10(7-8)14(15)16/h3-4,7,12-13H,2,5-6,11H2,1H3. The maximum Gasteiger partial charge on any atom is 0.294 e. The molecule has 0 spiro atoms. The highest BCUT2D eigenvalue weighted by Crippen LogP contribution is 2.26. The Morgan fingerprint density at radius 2 is 2.10 bits per heavy atom. The Hall–Kier alpha value is -1.56. The van der Waals surface area contributed by atoms with Crippen LogP contribution in [0.15, 0.2) is 23.1 Å². The van der Waals surface area contributed by atoms with Crippen LogP contribution in [-0.2, 0) is 20.8 Å². The molecule has 0 aliphatic carbocycles. The number of anilines is 1. The van der Waals surface area contributed by atoms with E-state index in [1.165, 1.54) is 18.4 Å². The maximum absolute atomic E-state index is 12.0. The maximum atomic E-state index is 12.0. The molecule has 9 nitrogen and oxygen atoms in total. The molecule has 0 aliphatic heterocycles. The lowest BCUT2D eigenvalue weighted by atomic mass is 10.3. The second-order valence-electron chi connectivity index (χ2n) is 4.11. The number of benzene rings is 1. The van der Waals surface area contributed by atoms with E-state index in [1.807, 2.05) is 0 Å². The zero-order chi connectivity index (χ0) is 16.0. The highest BCUT2D eigenvalue weighted by molar-refractivity contribution is 7.89. The van der Waals surface area contributed by atoms with Crippen molar-refractivity contribution in [2.45, 2.75) is 11.3 Å². The zero-order valence-corrected chi connectivity index (χ0v) is 12.9. The van der Waals surface area contributed by atoms with Gasteiger partial charge < -0.3 is 5.43 Å². The van der Waals surface area contributed by atoms with E-state index in [0.29, 0.717) is 12.2 Å². The Balaban J connectivity index is 2.90. The van der Waals surface area contributed by atoms with Crippen molar-refractivity contribution in [3.8, 4) is 0 Å². The molecule has 0 saturated heterocycles. The van der Waals surface area contributed by atoms with Gasteiger partial charge in [0.15, 0.2) is 0 Å². The van der Waals surface area contributed by atoms with Crippen molar-refractivity contribution in [3.05, 3.63) is 28.3 Å². The third kappa shape index (κ3) is 5.04. The second-order valence-corrected chi connectivity index (χ2v) is 7.43. The number of nitrogens with zero attached hydrogens (tertiary/aromatic N) is 1. The van der Waals surface area contributed by atoms with Gasteiger partial charge in [-0.25, -0.2) is 13.1 Å². The molecule has 0 aromatic heterocycles. The van der Waals surface area contributed by atoms with E-state index in [2.05, 4.69) is 10.1 Å². The average Bonchev–Trinajstić information content (AvgIpc) is 2.42. The van der Waals surface area contributed by atoms with Crippen LogP contribution >= 0.6 is 0 Å². The molecule has 1 aromatic carbocycles. The molecule has 21 heavy (non-hydrogen) atoms. The van der Waals surface area contributed by atoms with Crippen LogP contribution in [0.4, 0.5) is 11.4 Å². The lowest BCUT2D eigenvalue weighted by molar-refractivity contribution is -0.384. The van der Waals surface area contributed by atoms with Crippen LogP contribution in [0.2, 0.25) is 0 Å². The first-order valence-corrected chi connectivity index (χ1v) is 9.03. The quantitative estimate of drug-likeness (QED) is 0.261. The van der Waals surface area contributed by atoms with Gasteiger partial charge >= 0.3 is 0 Å². The van der Waals surface area contributed by atoms with Crippen molar-refractivity contribution in [2.24, 2.45) is 5.84 Å². The van der Waals surface area contributed by atoms with Crippen LogP contribution < -0.4 is 16.0 Å². The van der Waals surface area contributed by atoms with Gasteiger partial charge in [0.1, 0.15) is 5.69 Å². The molecule has 0 fully saturated rings. The van der Waals surface area contributed by atoms with Gasteiger partial charge in [0.2, 0.25) is 10.0 Å². The van der Waals surface area contributed by atoms with Crippen LogP contribution in [-0.4, -0.2) is 36.1 Å². The van der Waals surface area contributed by atoms with Crippen molar-refractivity contribution in [1.82, 2.24) is 4.72 Å². The molecule has 0 bridgehead atoms. The Kier molecular flexibility index (Phi) is 6.20. The first-order valence-electron chi connectivity index (χ1n) is 5.82. The van der Waals surface area contributed by atoms with E-state index >= 15 is 0 Å². The molecule has 0 saturated carbocycles. The summed E-state index contributed by atoms with van der Waals surface area (Å²) in [6.45, 7) is 0.104. The average molecular weight is 336 g/mol. The summed E-state index contributed by atoms with van der Waals surface area (Å²) in [5.41, 5.74) is 1.71. The molecule has 4 N–H and O–H groups in total. The number of nitro groups is 1. The van der Waals surface area contributed by atoms with E-state index in [9.17, 15) is 22.7 Å². The van der Waals surface area contributed by atoms with Gasteiger partial charge in [0.05, 0.1) is 9.82 Å². The van der Waals surface area contributed by atoms with Gasteiger partial charge in [0, 0.05) is 35.4 Å². The van der Waals surface area contributed by atoms with Gasteiger partial charge in [-0.2, -0.15) is 0 Å². The summed E-state index contributed by atoms with van der Waals surface area (Å²) in [4.78, 5) is 9.90. The predicted octanol–water partition coefficient (Wildman–Crippen LogP) is -0.0727. The Labute approximate surface area is 124 Å². The smallest absolute Gasteiger partial charge is 0.294 e. The van der Waals surface area contributed by atoms with Crippen molar-refractivity contribution in [3.63, 3.8) is 0 Å². The van der Waals surface area contributed by atoms with Gasteiger partial charge in [-0.15, -0.1) is 0 Å². The normalized spacial score (nSPS) is 12.9. The molecular formula is C10H16N4O5S2. The van der Waals surface area contributed by atoms with E-state index in [0.717, 1.165) is 6.07 Å². The molecule has 11 heteroatoms. The van der Waals surface area contributed by atoms with E-state index in [-0.39, 0.29) is 17.1 Å². The number of nitrogen functional groups attached to an aromatic ring is 1. The second kappa shape index (κ2) is 7.45. The number of rotatable bonds is 8. The molecule has 1 aromatic rings. The molecule has 0 radical (unpaired) electrons. The summed E-state index contributed by atoms with van der Waals surface area (Å²) >= 11 is 0.